The minimum Gasteiger partial charge on any atom is -0.497 e. The van der Waals surface area contributed by atoms with E-state index in [1.807, 2.05) is 48.5 Å². The highest BCUT2D eigenvalue weighted by Crippen LogP contribution is 2.29. The second-order valence-electron chi connectivity index (χ2n) is 11.6. The molecule has 1 N–H and O–H groups in total. The SMILES string of the molecule is COc1ccc(OC(CCCCCCCCCBr)C(CCCCCCCCCC(Cl)(Cl)C(=O)O)Oc2ccc(OC)cc2)cc1. The van der Waals surface area contributed by atoms with Crippen molar-refractivity contribution in [3.8, 4) is 23.0 Å². The molecule has 0 fully saturated rings. The fraction of sp³-hybridized carbons (Fsp3) is 0.639. The number of aliphatic carboxylic acids is 1. The Morgan fingerprint density at radius 2 is 0.956 bits per heavy atom. The lowest BCUT2D eigenvalue weighted by atomic mass is 9.98. The quantitative estimate of drug-likeness (QED) is 0.0728. The molecule has 2 aromatic rings. The van der Waals surface area contributed by atoms with Crippen LogP contribution in [0.15, 0.2) is 48.5 Å². The van der Waals surface area contributed by atoms with Gasteiger partial charge in [0.25, 0.3) is 0 Å². The Hall–Kier alpha value is -1.83. The van der Waals surface area contributed by atoms with E-state index in [1.165, 1.54) is 38.5 Å². The van der Waals surface area contributed by atoms with Crippen LogP contribution in [-0.2, 0) is 4.79 Å². The summed E-state index contributed by atoms with van der Waals surface area (Å²) < 4.78 is 22.3. The van der Waals surface area contributed by atoms with Gasteiger partial charge in [0.05, 0.1) is 14.2 Å². The van der Waals surface area contributed by atoms with Gasteiger partial charge in [0.15, 0.2) is 0 Å². The summed E-state index contributed by atoms with van der Waals surface area (Å²) in [4.78, 5) is 11.1. The number of hydrogen-bond acceptors (Lipinski definition) is 5. The normalized spacial score (nSPS) is 12.8. The third-order valence-corrected chi connectivity index (χ3v) is 9.29. The summed E-state index contributed by atoms with van der Waals surface area (Å²) in [5, 5.41) is 10.1. The van der Waals surface area contributed by atoms with Gasteiger partial charge in [-0.25, -0.2) is 4.79 Å². The van der Waals surface area contributed by atoms with E-state index in [4.69, 9.17) is 47.3 Å². The molecule has 2 unspecified atom stereocenters. The second kappa shape index (κ2) is 23.5. The maximum atomic E-state index is 11.1. The van der Waals surface area contributed by atoms with Crippen LogP contribution in [-0.4, -0.2) is 47.2 Å². The maximum Gasteiger partial charge on any atom is 0.340 e. The summed E-state index contributed by atoms with van der Waals surface area (Å²) in [6, 6.07) is 15.6. The predicted octanol–water partition coefficient (Wildman–Crippen LogP) is 11.2. The van der Waals surface area contributed by atoms with Crippen molar-refractivity contribution in [1.82, 2.24) is 0 Å². The first-order chi connectivity index (χ1) is 21.8. The van der Waals surface area contributed by atoms with Gasteiger partial charge in [0, 0.05) is 5.33 Å². The van der Waals surface area contributed by atoms with Crippen LogP contribution in [0.4, 0.5) is 0 Å². The Bertz CT molecular complexity index is 1030. The van der Waals surface area contributed by atoms with Gasteiger partial charge in [-0.3, -0.25) is 0 Å². The van der Waals surface area contributed by atoms with Crippen LogP contribution in [0.5, 0.6) is 23.0 Å². The Morgan fingerprint density at radius 3 is 1.31 bits per heavy atom. The zero-order chi connectivity index (χ0) is 32.8. The number of benzene rings is 2. The standard InChI is InChI=1S/C36H53BrCl2O6/c1-42-29-19-23-31(24-20-29)44-33(17-13-9-5-3-7-11-15-27-36(38,39)35(40)41)34(18-14-10-6-4-8-12-16-28-37)45-32-25-21-30(43-2)22-26-32/h19-26,33-34H,3-18,27-28H2,1-2H3,(H,40,41). The van der Waals surface area contributed by atoms with E-state index >= 15 is 0 Å². The number of ether oxygens (including phenoxy) is 4. The Balaban J connectivity index is 1.98. The molecule has 2 rings (SSSR count). The lowest BCUT2D eigenvalue weighted by Gasteiger charge is -2.29. The molecule has 0 heterocycles. The van der Waals surface area contributed by atoms with Crippen molar-refractivity contribution < 1.29 is 28.8 Å². The van der Waals surface area contributed by atoms with E-state index in [9.17, 15) is 4.79 Å². The molecule has 0 saturated heterocycles. The van der Waals surface area contributed by atoms with Gasteiger partial charge in [-0.15, -0.1) is 0 Å². The summed E-state index contributed by atoms with van der Waals surface area (Å²) in [6.45, 7) is 0. The lowest BCUT2D eigenvalue weighted by Crippen LogP contribution is -2.36. The Labute approximate surface area is 289 Å². The monoisotopic (exact) mass is 730 g/mol. The van der Waals surface area contributed by atoms with Crippen LogP contribution in [0.25, 0.3) is 0 Å². The molecule has 6 nitrogen and oxygen atoms in total. The van der Waals surface area contributed by atoms with Crippen molar-refractivity contribution in [3.05, 3.63) is 48.5 Å². The van der Waals surface area contributed by atoms with Gasteiger partial charge in [-0.05, 0) is 93.5 Å². The molecule has 2 aromatic carbocycles. The first-order valence-corrected chi connectivity index (χ1v) is 18.5. The van der Waals surface area contributed by atoms with Crippen molar-refractivity contribution in [2.45, 2.75) is 126 Å². The van der Waals surface area contributed by atoms with Gasteiger partial charge in [-0.1, -0.05) is 103 Å². The molecule has 0 spiro atoms. The number of hydrogen-bond donors (Lipinski definition) is 1. The molecule has 45 heavy (non-hydrogen) atoms. The highest BCUT2D eigenvalue weighted by molar-refractivity contribution is 9.09. The molecule has 0 saturated carbocycles. The number of unbranched alkanes of at least 4 members (excludes halogenated alkanes) is 12. The minimum atomic E-state index is -1.68. The summed E-state index contributed by atoms with van der Waals surface area (Å²) in [6.07, 6.45) is 17.5. The molecular weight excluding hydrogens is 679 g/mol. The molecular formula is C36H53BrCl2O6. The van der Waals surface area contributed by atoms with E-state index in [2.05, 4.69) is 15.9 Å². The van der Waals surface area contributed by atoms with Crippen LogP contribution < -0.4 is 18.9 Å². The zero-order valence-electron chi connectivity index (χ0n) is 27.1. The first-order valence-electron chi connectivity index (χ1n) is 16.6. The summed E-state index contributed by atoms with van der Waals surface area (Å²) in [5.74, 6) is 2.06. The van der Waals surface area contributed by atoms with Crippen LogP contribution >= 0.6 is 39.1 Å². The number of carboxylic acids is 1. The molecule has 0 aliphatic heterocycles. The van der Waals surface area contributed by atoms with Crippen LogP contribution in [0, 0.1) is 0 Å². The fourth-order valence-electron chi connectivity index (χ4n) is 5.31. The van der Waals surface area contributed by atoms with Crippen LogP contribution in [0.2, 0.25) is 0 Å². The smallest absolute Gasteiger partial charge is 0.340 e. The van der Waals surface area contributed by atoms with E-state index in [0.717, 1.165) is 86.1 Å². The zero-order valence-corrected chi connectivity index (χ0v) is 30.2. The molecule has 254 valence electrons. The molecule has 0 aromatic heterocycles. The molecule has 2 atom stereocenters. The molecule has 0 radical (unpaired) electrons. The molecule has 0 bridgehead atoms. The van der Waals surface area contributed by atoms with Crippen molar-refractivity contribution in [1.29, 1.82) is 0 Å². The Morgan fingerprint density at radius 1 is 0.622 bits per heavy atom. The molecule has 0 aliphatic rings. The topological polar surface area (TPSA) is 74.2 Å². The Kier molecular flexibility index (Phi) is 20.5. The molecule has 0 aliphatic carbocycles. The summed E-state index contributed by atoms with van der Waals surface area (Å²) in [7, 11) is 3.33. The van der Waals surface area contributed by atoms with Crippen molar-refractivity contribution in [2.75, 3.05) is 19.5 Å². The van der Waals surface area contributed by atoms with Gasteiger partial charge < -0.3 is 24.1 Å². The number of alkyl halides is 3. The first kappa shape index (κ1) is 39.3. The number of methoxy groups -OCH3 is 2. The molecule has 9 heteroatoms. The van der Waals surface area contributed by atoms with E-state index in [0.29, 0.717) is 6.42 Å². The summed E-state index contributed by atoms with van der Waals surface area (Å²) >= 11 is 15.2. The van der Waals surface area contributed by atoms with E-state index < -0.39 is 10.3 Å². The van der Waals surface area contributed by atoms with E-state index in [-0.39, 0.29) is 18.6 Å². The highest BCUT2D eigenvalue weighted by atomic mass is 79.9. The van der Waals surface area contributed by atoms with Crippen LogP contribution in [0.3, 0.4) is 0 Å². The number of rotatable bonds is 27. The van der Waals surface area contributed by atoms with Crippen molar-refractivity contribution >= 4 is 45.1 Å². The average Bonchev–Trinajstić information content (AvgIpc) is 3.04. The van der Waals surface area contributed by atoms with Crippen LogP contribution in [0.1, 0.15) is 109 Å². The highest BCUT2D eigenvalue weighted by Gasteiger charge is 2.32. The van der Waals surface area contributed by atoms with Gasteiger partial charge in [0.2, 0.25) is 4.33 Å². The van der Waals surface area contributed by atoms with Gasteiger partial charge >= 0.3 is 5.97 Å². The number of carbonyl (C=O) groups is 1. The van der Waals surface area contributed by atoms with E-state index in [1.54, 1.807) is 14.2 Å². The second-order valence-corrected chi connectivity index (χ2v) is 13.9. The third-order valence-electron chi connectivity index (χ3n) is 8.02. The third kappa shape index (κ3) is 17.1. The predicted molar refractivity (Wildman–Crippen MR) is 189 cm³/mol. The number of halogens is 3. The van der Waals surface area contributed by atoms with Crippen molar-refractivity contribution in [3.63, 3.8) is 0 Å². The van der Waals surface area contributed by atoms with Crippen molar-refractivity contribution in [2.24, 2.45) is 0 Å². The largest absolute Gasteiger partial charge is 0.497 e. The fourth-order valence-corrected chi connectivity index (χ4v) is 5.97. The van der Waals surface area contributed by atoms with Gasteiger partial charge in [-0.2, -0.15) is 0 Å². The summed E-state index contributed by atoms with van der Waals surface area (Å²) in [5.41, 5.74) is 0. The minimum absolute atomic E-state index is 0.0884. The average molecular weight is 733 g/mol. The lowest BCUT2D eigenvalue weighted by molar-refractivity contribution is -0.138. The number of carboxylic acid groups (broad SMARTS) is 1. The maximum absolute atomic E-state index is 11.1. The molecule has 0 amide bonds. The van der Waals surface area contributed by atoms with Gasteiger partial charge in [0.1, 0.15) is 35.2 Å².